The van der Waals surface area contributed by atoms with Crippen molar-refractivity contribution in [3.05, 3.63) is 18.2 Å². The van der Waals surface area contributed by atoms with Gasteiger partial charge in [-0.1, -0.05) is 0 Å². The number of sulfonamides is 1. The molecular weight excluding hydrogens is 336 g/mol. The van der Waals surface area contributed by atoms with Crippen LogP contribution in [-0.4, -0.2) is 62.8 Å². The van der Waals surface area contributed by atoms with Crippen molar-refractivity contribution in [2.24, 2.45) is 0 Å². The highest BCUT2D eigenvalue weighted by Crippen LogP contribution is 2.34. The number of rotatable bonds is 5. The van der Waals surface area contributed by atoms with Crippen LogP contribution in [-0.2, 0) is 19.6 Å². The zero-order chi connectivity index (χ0) is 17.5. The molecule has 0 saturated carbocycles. The van der Waals surface area contributed by atoms with Gasteiger partial charge in [0, 0.05) is 32.0 Å². The van der Waals surface area contributed by atoms with Crippen LogP contribution in [0.1, 0.15) is 12.8 Å². The van der Waals surface area contributed by atoms with E-state index in [2.05, 4.69) is 0 Å². The highest BCUT2D eigenvalue weighted by molar-refractivity contribution is 7.89. The number of ether oxygens (including phenoxy) is 2. The van der Waals surface area contributed by atoms with Gasteiger partial charge in [0.15, 0.2) is 0 Å². The summed E-state index contributed by atoms with van der Waals surface area (Å²) < 4.78 is 37.0. The Balaban J connectivity index is 1.81. The maximum atomic E-state index is 12.8. The molecule has 130 valence electrons. The van der Waals surface area contributed by atoms with E-state index < -0.39 is 10.0 Å². The van der Waals surface area contributed by atoms with Gasteiger partial charge in [-0.3, -0.25) is 14.5 Å². The third-order valence-electron chi connectivity index (χ3n) is 4.27. The van der Waals surface area contributed by atoms with E-state index in [0.717, 1.165) is 0 Å². The lowest BCUT2D eigenvalue weighted by atomic mass is 10.1. The van der Waals surface area contributed by atoms with Crippen molar-refractivity contribution >= 4 is 21.8 Å². The lowest BCUT2D eigenvalue weighted by molar-refractivity contribution is -0.143. The number of benzene rings is 1. The Hall–Kier alpha value is -2.13. The van der Waals surface area contributed by atoms with Gasteiger partial charge >= 0.3 is 0 Å². The van der Waals surface area contributed by atoms with Gasteiger partial charge in [-0.25, -0.2) is 8.42 Å². The summed E-state index contributed by atoms with van der Waals surface area (Å²) in [7, 11) is -0.959. The molecule has 2 saturated heterocycles. The monoisotopic (exact) mass is 354 g/mol. The first-order valence-electron chi connectivity index (χ1n) is 7.45. The normalized spacial score (nSPS) is 19.5. The first kappa shape index (κ1) is 16.7. The van der Waals surface area contributed by atoms with Gasteiger partial charge in [0.25, 0.3) is 0 Å². The van der Waals surface area contributed by atoms with Crippen LogP contribution in [0.15, 0.2) is 23.1 Å². The van der Waals surface area contributed by atoms with E-state index in [-0.39, 0.29) is 54.4 Å². The third kappa shape index (κ3) is 2.63. The molecule has 0 aromatic heterocycles. The minimum atomic E-state index is -3.80. The van der Waals surface area contributed by atoms with Crippen LogP contribution in [0.4, 0.5) is 0 Å². The second kappa shape index (κ2) is 6.06. The fraction of sp³-hybridized carbons (Fsp3) is 0.467. The molecule has 0 bridgehead atoms. The molecule has 1 aromatic rings. The first-order chi connectivity index (χ1) is 11.4. The van der Waals surface area contributed by atoms with E-state index in [1.165, 1.54) is 35.6 Å². The number of hydrogen-bond donors (Lipinski definition) is 0. The highest BCUT2D eigenvalue weighted by atomic mass is 32.2. The summed E-state index contributed by atoms with van der Waals surface area (Å²) in [5.74, 6) is 0.144. The fourth-order valence-corrected chi connectivity index (χ4v) is 4.59. The van der Waals surface area contributed by atoms with Crippen LogP contribution in [0, 0.1) is 0 Å². The zero-order valence-corrected chi connectivity index (χ0v) is 14.2. The summed E-state index contributed by atoms with van der Waals surface area (Å²) in [5, 5.41) is 0. The van der Waals surface area contributed by atoms with E-state index in [9.17, 15) is 18.0 Å². The molecule has 0 spiro atoms. The van der Waals surface area contributed by atoms with Crippen molar-refractivity contribution in [1.29, 1.82) is 0 Å². The minimum absolute atomic E-state index is 0.00174. The van der Waals surface area contributed by atoms with Gasteiger partial charge in [-0.2, -0.15) is 4.31 Å². The second-order valence-corrected chi connectivity index (χ2v) is 7.56. The van der Waals surface area contributed by atoms with E-state index in [1.807, 2.05) is 0 Å². The van der Waals surface area contributed by atoms with Gasteiger partial charge < -0.3 is 9.47 Å². The van der Waals surface area contributed by atoms with E-state index in [0.29, 0.717) is 5.75 Å². The second-order valence-electron chi connectivity index (χ2n) is 5.65. The Kier molecular flexibility index (Phi) is 4.22. The van der Waals surface area contributed by atoms with Crippen LogP contribution < -0.4 is 9.47 Å². The Labute approximate surface area is 140 Å². The molecule has 2 heterocycles. The standard InChI is InChI=1S/C15H18N2O6S/c1-22-11-3-4-12(23-2)13(7-11)24(20,21)16-8-10(9-16)17-14(18)5-6-15(17)19/h3-4,7,10H,5-6,8-9H2,1-2H3. The lowest BCUT2D eigenvalue weighted by Crippen LogP contribution is -2.62. The molecule has 3 rings (SSSR count). The van der Waals surface area contributed by atoms with Crippen LogP contribution in [0.3, 0.4) is 0 Å². The predicted molar refractivity (Wildman–Crippen MR) is 83.2 cm³/mol. The average molecular weight is 354 g/mol. The molecule has 9 heteroatoms. The van der Waals surface area contributed by atoms with Crippen molar-refractivity contribution in [2.75, 3.05) is 27.3 Å². The number of methoxy groups -OCH3 is 2. The van der Waals surface area contributed by atoms with Gasteiger partial charge in [-0.15, -0.1) is 0 Å². The molecule has 2 aliphatic rings. The molecule has 1 aromatic carbocycles. The molecule has 0 aliphatic carbocycles. The number of hydrogen-bond acceptors (Lipinski definition) is 6. The summed E-state index contributed by atoms with van der Waals surface area (Å²) in [6.07, 6.45) is 0.400. The largest absolute Gasteiger partial charge is 0.497 e. The average Bonchev–Trinajstić information content (AvgIpc) is 2.85. The van der Waals surface area contributed by atoms with E-state index >= 15 is 0 Å². The molecule has 0 atom stereocenters. The van der Waals surface area contributed by atoms with Gasteiger partial charge in [0.2, 0.25) is 21.8 Å². The fourth-order valence-electron chi connectivity index (χ4n) is 2.90. The molecule has 24 heavy (non-hydrogen) atoms. The van der Waals surface area contributed by atoms with Crippen molar-refractivity contribution in [1.82, 2.24) is 9.21 Å². The molecule has 2 amide bonds. The van der Waals surface area contributed by atoms with Crippen molar-refractivity contribution < 1.29 is 27.5 Å². The minimum Gasteiger partial charge on any atom is -0.497 e. The van der Waals surface area contributed by atoms with Crippen LogP contribution >= 0.6 is 0 Å². The van der Waals surface area contributed by atoms with Crippen molar-refractivity contribution in [3.8, 4) is 11.5 Å². The summed E-state index contributed by atoms with van der Waals surface area (Å²) in [6.45, 7) is 0.195. The highest BCUT2D eigenvalue weighted by Gasteiger charge is 2.46. The Bertz CT molecular complexity index is 769. The van der Waals surface area contributed by atoms with Crippen molar-refractivity contribution in [3.63, 3.8) is 0 Å². The van der Waals surface area contributed by atoms with Crippen LogP contribution in [0.2, 0.25) is 0 Å². The quantitative estimate of drug-likeness (QED) is 0.703. The Morgan fingerprint density at radius 3 is 2.21 bits per heavy atom. The zero-order valence-electron chi connectivity index (χ0n) is 13.4. The van der Waals surface area contributed by atoms with Crippen LogP contribution in [0.5, 0.6) is 11.5 Å². The van der Waals surface area contributed by atoms with Gasteiger partial charge in [0.05, 0.1) is 20.3 Å². The third-order valence-corrected chi connectivity index (χ3v) is 6.13. The SMILES string of the molecule is COc1ccc(OC)c(S(=O)(=O)N2CC(N3C(=O)CCC3=O)C2)c1. The maximum absolute atomic E-state index is 12.8. The summed E-state index contributed by atoms with van der Waals surface area (Å²) in [4.78, 5) is 24.7. The topological polar surface area (TPSA) is 93.2 Å². The van der Waals surface area contributed by atoms with Gasteiger partial charge in [-0.05, 0) is 12.1 Å². The Morgan fingerprint density at radius 2 is 1.67 bits per heavy atom. The first-order valence-corrected chi connectivity index (χ1v) is 8.89. The van der Waals surface area contributed by atoms with E-state index in [1.54, 1.807) is 6.07 Å². The lowest BCUT2D eigenvalue weighted by Gasteiger charge is -2.41. The predicted octanol–water partition coefficient (Wildman–Crippen LogP) is 0.226. The van der Waals surface area contributed by atoms with Gasteiger partial charge in [0.1, 0.15) is 16.4 Å². The molecule has 2 fully saturated rings. The molecule has 0 unspecified atom stereocenters. The molecule has 2 aliphatic heterocycles. The molecule has 0 N–H and O–H groups in total. The van der Waals surface area contributed by atoms with Crippen molar-refractivity contribution in [2.45, 2.75) is 23.8 Å². The summed E-state index contributed by atoms with van der Waals surface area (Å²) in [6, 6.07) is 4.14. The number of carbonyl (C=O) groups excluding carboxylic acids is 2. The molecule has 8 nitrogen and oxygen atoms in total. The maximum Gasteiger partial charge on any atom is 0.247 e. The summed E-state index contributed by atoms with van der Waals surface area (Å²) in [5.41, 5.74) is 0. The number of likely N-dealkylation sites (tertiary alicyclic amines) is 1. The summed E-state index contributed by atoms with van der Waals surface area (Å²) >= 11 is 0. The number of imide groups is 1. The number of amides is 2. The molecular formula is C15H18N2O6S. The Morgan fingerprint density at radius 1 is 1.04 bits per heavy atom. The van der Waals surface area contributed by atoms with E-state index in [4.69, 9.17) is 9.47 Å². The number of nitrogens with zero attached hydrogens (tertiary/aromatic N) is 2. The smallest absolute Gasteiger partial charge is 0.247 e. The molecule has 0 radical (unpaired) electrons. The number of carbonyl (C=O) groups is 2. The van der Waals surface area contributed by atoms with Crippen LogP contribution in [0.25, 0.3) is 0 Å².